The average molecular weight is 282 g/mol. The predicted octanol–water partition coefficient (Wildman–Crippen LogP) is 1.29. The molecule has 0 saturated carbocycles. The highest BCUT2D eigenvalue weighted by Crippen LogP contribution is 2.22. The number of rotatable bonds is 4. The van der Waals surface area contributed by atoms with Gasteiger partial charge in [0, 0.05) is 19.5 Å². The van der Waals surface area contributed by atoms with Crippen LogP contribution in [0.3, 0.4) is 0 Å². The van der Waals surface area contributed by atoms with Crippen LogP contribution in [0, 0.1) is 18.8 Å². The van der Waals surface area contributed by atoms with Crippen molar-refractivity contribution in [3.8, 4) is 0 Å². The summed E-state index contributed by atoms with van der Waals surface area (Å²) in [5.41, 5.74) is 0. The number of aryl methyl sites for hydroxylation is 1. The molecule has 1 aromatic rings. The van der Waals surface area contributed by atoms with Gasteiger partial charge in [0.25, 0.3) is 0 Å². The number of amides is 2. The highest BCUT2D eigenvalue weighted by atomic mass is 32.1. The summed E-state index contributed by atoms with van der Waals surface area (Å²) in [6, 6.07) is 0. The second kappa shape index (κ2) is 5.64. The second-order valence-corrected chi connectivity index (χ2v) is 6.39. The van der Waals surface area contributed by atoms with Gasteiger partial charge in [-0.05, 0) is 12.8 Å². The maximum Gasteiger partial charge on any atom is 0.231 e. The fourth-order valence-corrected chi connectivity index (χ4v) is 2.71. The Morgan fingerprint density at radius 1 is 1.53 bits per heavy atom. The highest BCUT2D eigenvalue weighted by Gasteiger charge is 2.34. The maximum atomic E-state index is 12.0. The van der Waals surface area contributed by atoms with Crippen molar-refractivity contribution in [1.29, 1.82) is 0 Å². The van der Waals surface area contributed by atoms with Crippen molar-refractivity contribution in [1.82, 2.24) is 15.1 Å². The zero-order valence-corrected chi connectivity index (χ0v) is 12.2. The first kappa shape index (κ1) is 13.9. The SMILES string of the molecule is Cc1nnc(NC(=O)C2CC(=O)N(CC(C)C)C2)s1. The Balaban J connectivity index is 1.92. The summed E-state index contributed by atoms with van der Waals surface area (Å²) in [4.78, 5) is 25.6. The van der Waals surface area contributed by atoms with Crippen molar-refractivity contribution in [2.75, 3.05) is 18.4 Å². The van der Waals surface area contributed by atoms with Gasteiger partial charge in [-0.3, -0.25) is 9.59 Å². The number of hydrogen-bond donors (Lipinski definition) is 1. The number of carbonyl (C=O) groups excluding carboxylic acids is 2. The fraction of sp³-hybridized carbons (Fsp3) is 0.667. The quantitative estimate of drug-likeness (QED) is 0.903. The van der Waals surface area contributed by atoms with E-state index in [0.717, 1.165) is 5.01 Å². The first-order chi connectivity index (χ1) is 8.95. The monoisotopic (exact) mass is 282 g/mol. The van der Waals surface area contributed by atoms with Gasteiger partial charge in [0.2, 0.25) is 16.9 Å². The van der Waals surface area contributed by atoms with Crippen molar-refractivity contribution in [3.05, 3.63) is 5.01 Å². The highest BCUT2D eigenvalue weighted by molar-refractivity contribution is 7.15. The third-order valence-electron chi connectivity index (χ3n) is 2.93. The zero-order chi connectivity index (χ0) is 14.0. The second-order valence-electron chi connectivity index (χ2n) is 5.21. The molecule has 7 heteroatoms. The molecule has 2 amide bonds. The van der Waals surface area contributed by atoms with Crippen LogP contribution < -0.4 is 5.32 Å². The van der Waals surface area contributed by atoms with E-state index in [-0.39, 0.29) is 24.2 Å². The molecule has 0 aliphatic carbocycles. The Bertz CT molecular complexity index is 486. The number of likely N-dealkylation sites (tertiary alicyclic amines) is 1. The Hall–Kier alpha value is -1.50. The van der Waals surface area contributed by atoms with E-state index in [2.05, 4.69) is 29.4 Å². The van der Waals surface area contributed by atoms with Gasteiger partial charge < -0.3 is 10.2 Å². The van der Waals surface area contributed by atoms with E-state index in [0.29, 0.717) is 24.1 Å². The third kappa shape index (κ3) is 3.50. The molecular weight excluding hydrogens is 264 g/mol. The molecule has 1 atom stereocenters. The van der Waals surface area contributed by atoms with Crippen LogP contribution in [0.4, 0.5) is 5.13 Å². The molecule has 19 heavy (non-hydrogen) atoms. The number of carbonyl (C=O) groups is 2. The van der Waals surface area contributed by atoms with Gasteiger partial charge >= 0.3 is 0 Å². The van der Waals surface area contributed by atoms with Gasteiger partial charge in [0.15, 0.2) is 0 Å². The number of hydrogen-bond acceptors (Lipinski definition) is 5. The first-order valence-electron chi connectivity index (χ1n) is 6.34. The molecule has 0 radical (unpaired) electrons. The first-order valence-corrected chi connectivity index (χ1v) is 7.16. The number of anilines is 1. The molecule has 1 saturated heterocycles. The van der Waals surface area contributed by atoms with Crippen LogP contribution in [0.5, 0.6) is 0 Å². The van der Waals surface area contributed by atoms with E-state index in [1.807, 2.05) is 6.92 Å². The Kier molecular flexibility index (Phi) is 4.14. The van der Waals surface area contributed by atoms with Crippen LogP contribution in [-0.4, -0.2) is 40.0 Å². The van der Waals surface area contributed by atoms with E-state index in [1.54, 1.807) is 4.90 Å². The van der Waals surface area contributed by atoms with Gasteiger partial charge in [0.05, 0.1) is 5.92 Å². The molecule has 1 aliphatic rings. The topological polar surface area (TPSA) is 75.2 Å². The Labute approximate surface area is 116 Å². The van der Waals surface area contributed by atoms with E-state index < -0.39 is 0 Å². The summed E-state index contributed by atoms with van der Waals surface area (Å²) in [7, 11) is 0. The summed E-state index contributed by atoms with van der Waals surface area (Å²) >= 11 is 1.33. The Morgan fingerprint density at radius 2 is 2.26 bits per heavy atom. The molecule has 104 valence electrons. The van der Waals surface area contributed by atoms with Crippen molar-refractivity contribution in [3.63, 3.8) is 0 Å². The van der Waals surface area contributed by atoms with Gasteiger partial charge in [0.1, 0.15) is 5.01 Å². The average Bonchev–Trinajstić information content (AvgIpc) is 2.86. The van der Waals surface area contributed by atoms with Crippen LogP contribution in [-0.2, 0) is 9.59 Å². The molecular formula is C12H18N4O2S. The van der Waals surface area contributed by atoms with Crippen LogP contribution in [0.25, 0.3) is 0 Å². The summed E-state index contributed by atoms with van der Waals surface area (Å²) < 4.78 is 0. The largest absolute Gasteiger partial charge is 0.342 e. The van der Waals surface area contributed by atoms with Crippen LogP contribution >= 0.6 is 11.3 Å². The molecule has 0 aromatic carbocycles. The summed E-state index contributed by atoms with van der Waals surface area (Å²) in [5.74, 6) is 0.0464. The van der Waals surface area contributed by atoms with E-state index >= 15 is 0 Å². The lowest BCUT2D eigenvalue weighted by Gasteiger charge is -2.18. The molecule has 1 unspecified atom stereocenters. The summed E-state index contributed by atoms with van der Waals surface area (Å²) in [6.45, 7) is 7.16. The minimum absolute atomic E-state index is 0.0577. The molecule has 2 rings (SSSR count). The normalized spacial score (nSPS) is 19.3. The third-order valence-corrected chi connectivity index (χ3v) is 3.68. The molecule has 6 nitrogen and oxygen atoms in total. The van der Waals surface area contributed by atoms with Gasteiger partial charge in [-0.2, -0.15) is 0 Å². The molecule has 1 N–H and O–H groups in total. The molecule has 2 heterocycles. The van der Waals surface area contributed by atoms with E-state index in [1.165, 1.54) is 11.3 Å². The van der Waals surface area contributed by atoms with Crippen molar-refractivity contribution >= 4 is 28.3 Å². The smallest absolute Gasteiger partial charge is 0.231 e. The van der Waals surface area contributed by atoms with E-state index in [9.17, 15) is 9.59 Å². The Morgan fingerprint density at radius 3 is 2.84 bits per heavy atom. The fourth-order valence-electron chi connectivity index (χ4n) is 2.12. The zero-order valence-electron chi connectivity index (χ0n) is 11.3. The lowest BCUT2D eigenvalue weighted by atomic mass is 10.1. The van der Waals surface area contributed by atoms with Gasteiger partial charge in [-0.15, -0.1) is 10.2 Å². The van der Waals surface area contributed by atoms with Crippen LogP contribution in [0.1, 0.15) is 25.3 Å². The summed E-state index contributed by atoms with van der Waals surface area (Å²) in [5, 5.41) is 11.7. The standard InChI is InChI=1S/C12H18N4O2S/c1-7(2)5-16-6-9(4-10(16)17)11(18)13-12-15-14-8(3)19-12/h7,9H,4-6H2,1-3H3,(H,13,15,18). The summed E-state index contributed by atoms with van der Waals surface area (Å²) in [6.07, 6.45) is 0.288. The van der Waals surface area contributed by atoms with Crippen molar-refractivity contribution in [2.24, 2.45) is 11.8 Å². The molecule has 0 spiro atoms. The number of aromatic nitrogens is 2. The molecule has 1 aromatic heterocycles. The van der Waals surface area contributed by atoms with E-state index in [4.69, 9.17) is 0 Å². The number of nitrogens with one attached hydrogen (secondary N) is 1. The minimum atomic E-state index is -0.282. The molecule has 0 bridgehead atoms. The van der Waals surface area contributed by atoms with Gasteiger partial charge in [-0.1, -0.05) is 25.2 Å². The maximum absolute atomic E-state index is 12.0. The molecule has 1 aliphatic heterocycles. The minimum Gasteiger partial charge on any atom is -0.342 e. The van der Waals surface area contributed by atoms with Crippen molar-refractivity contribution < 1.29 is 9.59 Å². The lowest BCUT2D eigenvalue weighted by Crippen LogP contribution is -2.31. The predicted molar refractivity (Wildman–Crippen MR) is 72.8 cm³/mol. The van der Waals surface area contributed by atoms with Gasteiger partial charge in [-0.25, -0.2) is 0 Å². The van der Waals surface area contributed by atoms with Crippen LogP contribution in [0.15, 0.2) is 0 Å². The van der Waals surface area contributed by atoms with Crippen LogP contribution in [0.2, 0.25) is 0 Å². The number of nitrogens with zero attached hydrogens (tertiary/aromatic N) is 3. The molecule has 1 fully saturated rings. The lowest BCUT2D eigenvalue weighted by molar-refractivity contribution is -0.128. The van der Waals surface area contributed by atoms with Crippen molar-refractivity contribution in [2.45, 2.75) is 27.2 Å².